The lowest BCUT2D eigenvalue weighted by molar-refractivity contribution is -0.384. The molecule has 0 saturated heterocycles. The normalized spacial score (nSPS) is 8.93. The number of non-ortho nitro benzene ring substituents is 1. The molecule has 0 radical (unpaired) electrons. The van der Waals surface area contributed by atoms with Crippen LogP contribution < -0.4 is 4.74 Å². The Hall–Kier alpha value is -1.73. The van der Waals surface area contributed by atoms with Gasteiger partial charge in [0.05, 0.1) is 29.5 Å². The number of ether oxygens (including phenoxy) is 1. The Morgan fingerprint density at radius 1 is 1.60 bits per heavy atom. The molecule has 1 rings (SSSR count). The molecule has 0 unspecified atom stereocenters. The maximum atomic E-state index is 10.5. The van der Waals surface area contributed by atoms with Gasteiger partial charge in [-0.05, 0) is 6.07 Å². The maximum absolute atomic E-state index is 10.5. The van der Waals surface area contributed by atoms with Crippen LogP contribution in [0.5, 0.6) is 5.75 Å². The Bertz CT molecular complexity index is 434. The molecule has 0 saturated carbocycles. The summed E-state index contributed by atoms with van der Waals surface area (Å²) in [7, 11) is 1.44. The van der Waals surface area contributed by atoms with Gasteiger partial charge in [0.2, 0.25) is 0 Å². The summed E-state index contributed by atoms with van der Waals surface area (Å²) in [6.07, 6.45) is 0. The minimum absolute atomic E-state index is 0.0247. The minimum Gasteiger partial charge on any atom is -0.495 e. The molecule has 78 valence electrons. The van der Waals surface area contributed by atoms with E-state index in [9.17, 15) is 10.1 Å². The Morgan fingerprint density at radius 3 is 2.87 bits per heavy atom. The van der Waals surface area contributed by atoms with Crippen LogP contribution in [-0.4, -0.2) is 17.9 Å². The number of nitro benzene ring substituents is 1. The highest BCUT2D eigenvalue weighted by Crippen LogP contribution is 2.23. The third kappa shape index (κ3) is 2.86. The number of hydrogen-bond donors (Lipinski definition) is 0. The zero-order valence-electron chi connectivity index (χ0n) is 7.99. The van der Waals surface area contributed by atoms with Crippen LogP contribution in [0.3, 0.4) is 0 Å². The predicted octanol–water partition coefficient (Wildman–Crippen LogP) is 2.19. The van der Waals surface area contributed by atoms with Crippen molar-refractivity contribution in [2.75, 3.05) is 13.0 Å². The minimum atomic E-state index is -0.485. The van der Waals surface area contributed by atoms with Crippen LogP contribution in [0.4, 0.5) is 5.69 Å². The van der Waals surface area contributed by atoms with Crippen LogP contribution in [0.1, 0.15) is 5.56 Å². The van der Waals surface area contributed by atoms with Crippen molar-refractivity contribution in [3.63, 3.8) is 0 Å². The molecule has 0 fully saturated rings. The average molecular weight is 226 g/mol. The van der Waals surface area contributed by atoms with Crippen LogP contribution in [0.25, 0.3) is 0 Å². The number of rotatable bonds is 2. The first-order valence-corrected chi connectivity index (χ1v) is 4.59. The van der Waals surface area contributed by atoms with Crippen LogP contribution in [-0.2, 0) is 0 Å². The Balaban J connectivity index is 3.14. The number of hydrogen-bond acceptors (Lipinski definition) is 3. The number of nitro groups is 1. The van der Waals surface area contributed by atoms with Gasteiger partial charge in [0, 0.05) is 6.07 Å². The highest BCUT2D eigenvalue weighted by molar-refractivity contribution is 6.19. The van der Waals surface area contributed by atoms with Gasteiger partial charge in [-0.3, -0.25) is 10.1 Å². The van der Waals surface area contributed by atoms with Crippen molar-refractivity contribution in [2.45, 2.75) is 0 Å². The second-order valence-corrected chi connectivity index (χ2v) is 2.84. The topological polar surface area (TPSA) is 52.4 Å². The monoisotopic (exact) mass is 225 g/mol. The fraction of sp³-hybridized carbons (Fsp3) is 0.200. The van der Waals surface area contributed by atoms with E-state index in [1.165, 1.54) is 25.3 Å². The van der Waals surface area contributed by atoms with Gasteiger partial charge in [-0.25, -0.2) is 0 Å². The van der Waals surface area contributed by atoms with E-state index in [1.54, 1.807) is 0 Å². The second kappa shape index (κ2) is 5.23. The van der Waals surface area contributed by atoms with Gasteiger partial charge >= 0.3 is 0 Å². The molecule has 4 nitrogen and oxygen atoms in total. The van der Waals surface area contributed by atoms with Crippen molar-refractivity contribution < 1.29 is 9.66 Å². The summed E-state index contributed by atoms with van der Waals surface area (Å²) in [5, 5.41) is 10.5. The first-order chi connectivity index (χ1) is 7.19. The van der Waals surface area contributed by atoms with Gasteiger partial charge < -0.3 is 4.74 Å². The van der Waals surface area contributed by atoms with Gasteiger partial charge in [-0.1, -0.05) is 11.8 Å². The van der Waals surface area contributed by atoms with Crippen molar-refractivity contribution in [3.05, 3.63) is 33.9 Å². The summed E-state index contributed by atoms with van der Waals surface area (Å²) < 4.78 is 4.98. The fourth-order valence-electron chi connectivity index (χ4n) is 1.03. The van der Waals surface area contributed by atoms with E-state index in [2.05, 4.69) is 11.8 Å². The molecule has 0 N–H and O–H groups in total. The Kier molecular flexibility index (Phi) is 3.95. The SMILES string of the molecule is COc1cc([N+](=O)[O-])ccc1C#CCCl. The molecule has 0 aromatic heterocycles. The molecule has 15 heavy (non-hydrogen) atoms. The van der Waals surface area contributed by atoms with E-state index in [4.69, 9.17) is 16.3 Å². The standard InChI is InChI=1S/C10H8ClNO3/c1-15-10-7-9(12(13)14)5-4-8(10)3-2-6-11/h4-5,7H,6H2,1H3. The highest BCUT2D eigenvalue weighted by atomic mass is 35.5. The number of benzene rings is 1. The molecule has 0 heterocycles. The molecule has 0 bridgehead atoms. The third-order valence-electron chi connectivity index (χ3n) is 1.69. The lowest BCUT2D eigenvalue weighted by Gasteiger charge is -2.02. The van der Waals surface area contributed by atoms with E-state index < -0.39 is 4.92 Å². The van der Waals surface area contributed by atoms with Crippen molar-refractivity contribution in [1.82, 2.24) is 0 Å². The van der Waals surface area contributed by atoms with Gasteiger partial charge in [0.15, 0.2) is 0 Å². The van der Waals surface area contributed by atoms with Crippen LogP contribution >= 0.6 is 11.6 Å². The zero-order valence-corrected chi connectivity index (χ0v) is 8.75. The van der Waals surface area contributed by atoms with Gasteiger partial charge in [0.25, 0.3) is 5.69 Å². The van der Waals surface area contributed by atoms with Gasteiger partial charge in [-0.15, -0.1) is 11.6 Å². The maximum Gasteiger partial charge on any atom is 0.273 e. The van der Waals surface area contributed by atoms with Crippen molar-refractivity contribution >= 4 is 17.3 Å². The van der Waals surface area contributed by atoms with E-state index >= 15 is 0 Å². The Morgan fingerprint density at radius 2 is 2.33 bits per heavy atom. The molecule has 0 amide bonds. The number of halogens is 1. The van der Waals surface area contributed by atoms with E-state index in [-0.39, 0.29) is 11.6 Å². The smallest absolute Gasteiger partial charge is 0.273 e. The third-order valence-corrected chi connectivity index (χ3v) is 1.82. The van der Waals surface area contributed by atoms with Crippen LogP contribution in [0, 0.1) is 22.0 Å². The summed E-state index contributed by atoms with van der Waals surface area (Å²) >= 11 is 5.41. The number of alkyl halides is 1. The summed E-state index contributed by atoms with van der Waals surface area (Å²) in [6.45, 7) is 0. The lowest BCUT2D eigenvalue weighted by Crippen LogP contribution is -1.92. The van der Waals surface area contributed by atoms with E-state index in [0.29, 0.717) is 11.3 Å². The molecule has 1 aromatic carbocycles. The summed E-state index contributed by atoms with van der Waals surface area (Å²) in [6, 6.07) is 4.25. The summed E-state index contributed by atoms with van der Waals surface area (Å²) in [5.41, 5.74) is 0.562. The molecule has 0 spiro atoms. The summed E-state index contributed by atoms with van der Waals surface area (Å²) in [5.74, 6) is 5.99. The number of methoxy groups -OCH3 is 1. The van der Waals surface area contributed by atoms with E-state index in [1.807, 2.05) is 0 Å². The molecule has 5 heteroatoms. The lowest BCUT2D eigenvalue weighted by atomic mass is 10.2. The molecule has 1 aromatic rings. The van der Waals surface area contributed by atoms with Crippen molar-refractivity contribution in [2.24, 2.45) is 0 Å². The van der Waals surface area contributed by atoms with Crippen molar-refractivity contribution in [1.29, 1.82) is 0 Å². The van der Waals surface area contributed by atoms with Crippen LogP contribution in [0.2, 0.25) is 0 Å². The van der Waals surface area contributed by atoms with Crippen LogP contribution in [0.15, 0.2) is 18.2 Å². The quantitative estimate of drug-likeness (QED) is 0.336. The molecular weight excluding hydrogens is 218 g/mol. The second-order valence-electron chi connectivity index (χ2n) is 2.58. The average Bonchev–Trinajstić information content (AvgIpc) is 2.25. The van der Waals surface area contributed by atoms with Gasteiger partial charge in [0.1, 0.15) is 5.75 Å². The molecule has 0 atom stereocenters. The zero-order chi connectivity index (χ0) is 11.3. The first kappa shape index (κ1) is 11.3. The molecular formula is C10H8ClNO3. The van der Waals surface area contributed by atoms with E-state index in [0.717, 1.165) is 0 Å². The Labute approximate surface area is 92.0 Å². The van der Waals surface area contributed by atoms with Gasteiger partial charge in [-0.2, -0.15) is 0 Å². The first-order valence-electron chi connectivity index (χ1n) is 4.06. The summed E-state index contributed by atoms with van der Waals surface area (Å²) in [4.78, 5) is 10.0. The fourth-order valence-corrected chi connectivity index (χ4v) is 1.09. The molecule has 0 aliphatic carbocycles. The largest absolute Gasteiger partial charge is 0.495 e. The van der Waals surface area contributed by atoms with Crippen molar-refractivity contribution in [3.8, 4) is 17.6 Å². The highest BCUT2D eigenvalue weighted by Gasteiger charge is 2.09. The molecule has 0 aliphatic rings. The molecule has 0 aliphatic heterocycles. The predicted molar refractivity (Wildman–Crippen MR) is 57.2 cm³/mol. The number of nitrogens with zero attached hydrogens (tertiary/aromatic N) is 1.